The molecule has 0 aliphatic rings. The first kappa shape index (κ1) is 42.8. The monoisotopic (exact) mass is 708 g/mol. The maximum absolute atomic E-state index is 14.7. The van der Waals surface area contributed by atoms with Crippen molar-refractivity contribution in [2.75, 3.05) is 6.54 Å². The lowest BCUT2D eigenvalue weighted by molar-refractivity contribution is -0.159. The highest BCUT2D eigenvalue weighted by Crippen LogP contribution is 2.26. The number of rotatable bonds is 19. The lowest BCUT2D eigenvalue weighted by Gasteiger charge is -2.35. The largest absolute Gasteiger partial charge is 0.458 e. The van der Waals surface area contributed by atoms with Gasteiger partial charge in [0.25, 0.3) is 0 Å². The van der Waals surface area contributed by atoms with Crippen molar-refractivity contribution >= 4 is 29.8 Å². The Morgan fingerprint density at radius 3 is 2.00 bits per heavy atom. The first-order chi connectivity index (χ1) is 23.9. The smallest absolute Gasteiger partial charge is 0.408 e. The van der Waals surface area contributed by atoms with Gasteiger partial charge in [-0.15, -0.1) is 0 Å². The number of hydrogen-bond acceptors (Lipinski definition) is 7. The van der Waals surface area contributed by atoms with E-state index in [1.54, 1.807) is 53.7 Å². The SMILES string of the molecule is CCCCCCCCN(C(=O)C(CCC(N)=O)NC(=O)OC(C)(C)C)C(C(=O)NC(Cc1ccccc1)C(=O)OC(C)(C)C)c1cccc(C)c1. The molecule has 3 atom stereocenters. The highest BCUT2D eigenvalue weighted by atomic mass is 16.6. The van der Waals surface area contributed by atoms with Crippen molar-refractivity contribution in [3.8, 4) is 0 Å². The zero-order valence-corrected chi connectivity index (χ0v) is 31.9. The number of esters is 1. The Bertz CT molecular complexity index is 1430. The first-order valence-electron chi connectivity index (χ1n) is 18.1. The maximum atomic E-state index is 14.7. The maximum Gasteiger partial charge on any atom is 0.408 e. The molecular formula is C40H60N4O7. The Morgan fingerprint density at radius 1 is 0.784 bits per heavy atom. The van der Waals surface area contributed by atoms with E-state index >= 15 is 0 Å². The Morgan fingerprint density at radius 2 is 1.41 bits per heavy atom. The number of ether oxygens (including phenoxy) is 2. The highest BCUT2D eigenvalue weighted by Gasteiger charge is 2.38. The molecule has 3 unspecified atom stereocenters. The van der Waals surface area contributed by atoms with E-state index in [-0.39, 0.29) is 25.8 Å². The molecule has 0 radical (unpaired) electrons. The van der Waals surface area contributed by atoms with Gasteiger partial charge in [-0.3, -0.25) is 14.4 Å². The average Bonchev–Trinajstić information content (AvgIpc) is 3.02. The lowest BCUT2D eigenvalue weighted by Crippen LogP contribution is -2.55. The topological polar surface area (TPSA) is 157 Å². The molecular weight excluding hydrogens is 648 g/mol. The second kappa shape index (κ2) is 20.4. The van der Waals surface area contributed by atoms with Crippen LogP contribution in [-0.2, 0) is 35.1 Å². The summed E-state index contributed by atoms with van der Waals surface area (Å²) < 4.78 is 11.2. The second-order valence-electron chi connectivity index (χ2n) is 15.1. The van der Waals surface area contributed by atoms with Gasteiger partial charge in [-0.2, -0.15) is 0 Å². The number of carbonyl (C=O) groups is 5. The summed E-state index contributed by atoms with van der Waals surface area (Å²) in [6.45, 7) is 14.6. The average molecular weight is 709 g/mol. The van der Waals surface area contributed by atoms with Crippen LogP contribution in [0.1, 0.15) is 123 Å². The van der Waals surface area contributed by atoms with Crippen LogP contribution in [0.3, 0.4) is 0 Å². The second-order valence-corrected chi connectivity index (χ2v) is 15.1. The third-order valence-electron chi connectivity index (χ3n) is 7.91. The molecule has 2 rings (SSSR count). The number of benzene rings is 2. The van der Waals surface area contributed by atoms with Crippen LogP contribution in [0, 0.1) is 6.92 Å². The molecule has 282 valence electrons. The number of carbonyl (C=O) groups excluding carboxylic acids is 5. The van der Waals surface area contributed by atoms with Crippen molar-refractivity contribution in [3.63, 3.8) is 0 Å². The number of nitrogens with zero attached hydrogens (tertiary/aromatic N) is 1. The number of nitrogens with two attached hydrogens (primary N) is 1. The van der Waals surface area contributed by atoms with Gasteiger partial charge in [0.15, 0.2) is 0 Å². The van der Waals surface area contributed by atoms with Gasteiger partial charge in [0.1, 0.15) is 29.3 Å². The number of unbranched alkanes of at least 4 members (excludes halogenated alkanes) is 5. The minimum atomic E-state index is -1.22. The van der Waals surface area contributed by atoms with Crippen molar-refractivity contribution in [1.29, 1.82) is 0 Å². The zero-order chi connectivity index (χ0) is 38.2. The van der Waals surface area contributed by atoms with E-state index in [0.29, 0.717) is 12.0 Å². The fourth-order valence-electron chi connectivity index (χ4n) is 5.60. The number of amides is 4. The van der Waals surface area contributed by atoms with Crippen LogP contribution < -0.4 is 16.4 Å². The van der Waals surface area contributed by atoms with Crippen LogP contribution >= 0.6 is 0 Å². The summed E-state index contributed by atoms with van der Waals surface area (Å²) in [4.78, 5) is 69.2. The molecule has 0 bridgehead atoms. The van der Waals surface area contributed by atoms with Crippen molar-refractivity contribution in [3.05, 3.63) is 71.3 Å². The van der Waals surface area contributed by atoms with Crippen LogP contribution in [0.5, 0.6) is 0 Å². The Labute approximate surface area is 304 Å². The summed E-state index contributed by atoms with van der Waals surface area (Å²) in [5, 5.41) is 5.56. The van der Waals surface area contributed by atoms with Crippen LogP contribution in [0.2, 0.25) is 0 Å². The summed E-state index contributed by atoms with van der Waals surface area (Å²) >= 11 is 0. The van der Waals surface area contributed by atoms with Crippen molar-refractivity contribution in [2.45, 2.75) is 143 Å². The van der Waals surface area contributed by atoms with Gasteiger partial charge in [-0.05, 0) is 72.4 Å². The molecule has 2 aromatic rings. The van der Waals surface area contributed by atoms with Crippen LogP contribution in [-0.4, -0.2) is 64.5 Å². The first-order valence-corrected chi connectivity index (χ1v) is 18.1. The summed E-state index contributed by atoms with van der Waals surface area (Å²) in [7, 11) is 0. The van der Waals surface area contributed by atoms with Gasteiger partial charge in [-0.25, -0.2) is 9.59 Å². The molecule has 4 amide bonds. The minimum Gasteiger partial charge on any atom is -0.458 e. The fourth-order valence-corrected chi connectivity index (χ4v) is 5.60. The van der Waals surface area contributed by atoms with E-state index in [1.807, 2.05) is 49.4 Å². The number of aryl methyl sites for hydroxylation is 1. The number of hydrogen-bond donors (Lipinski definition) is 3. The van der Waals surface area contributed by atoms with E-state index in [2.05, 4.69) is 17.6 Å². The summed E-state index contributed by atoms with van der Waals surface area (Å²) in [6, 6.07) is 13.1. The normalized spacial score (nSPS) is 13.3. The highest BCUT2D eigenvalue weighted by molar-refractivity contribution is 5.94. The lowest BCUT2D eigenvalue weighted by atomic mass is 9.98. The molecule has 0 heterocycles. The standard InChI is InChI=1S/C40H60N4O7/c1-9-10-11-12-13-17-25-44(36(47)31(23-24-33(41)45)43-38(49)51-40(6,7)8)34(30-22-18-19-28(2)26-30)35(46)42-32(37(48)50-39(3,4)5)27-29-20-15-14-16-21-29/h14-16,18-22,26,31-32,34H,9-13,17,23-25,27H2,1-8H3,(H2,41,45)(H,42,46)(H,43,49). The number of nitrogens with one attached hydrogen (secondary N) is 2. The number of primary amides is 1. The van der Waals surface area contributed by atoms with Crippen molar-refractivity contribution in [1.82, 2.24) is 15.5 Å². The molecule has 2 aromatic carbocycles. The molecule has 11 nitrogen and oxygen atoms in total. The summed E-state index contributed by atoms with van der Waals surface area (Å²) in [5.74, 6) is -2.41. The van der Waals surface area contributed by atoms with E-state index in [0.717, 1.165) is 43.2 Å². The number of alkyl carbamates (subject to hydrolysis) is 1. The Kier molecular flexibility index (Phi) is 17.1. The molecule has 4 N–H and O–H groups in total. The molecule has 0 fully saturated rings. The molecule has 0 aliphatic heterocycles. The van der Waals surface area contributed by atoms with Crippen molar-refractivity contribution in [2.24, 2.45) is 5.73 Å². The van der Waals surface area contributed by atoms with Crippen LogP contribution in [0.25, 0.3) is 0 Å². The summed E-state index contributed by atoms with van der Waals surface area (Å²) in [6.07, 6.45) is 4.61. The molecule has 0 saturated carbocycles. The zero-order valence-electron chi connectivity index (χ0n) is 31.9. The van der Waals surface area contributed by atoms with Crippen LogP contribution in [0.15, 0.2) is 54.6 Å². The van der Waals surface area contributed by atoms with Crippen LogP contribution in [0.4, 0.5) is 4.79 Å². The van der Waals surface area contributed by atoms with E-state index < -0.39 is 59.1 Å². The molecule has 0 spiro atoms. The van der Waals surface area contributed by atoms with Gasteiger partial charge in [0.2, 0.25) is 17.7 Å². The predicted molar refractivity (Wildman–Crippen MR) is 199 cm³/mol. The molecule has 51 heavy (non-hydrogen) atoms. The fraction of sp³-hybridized carbons (Fsp3) is 0.575. The van der Waals surface area contributed by atoms with Gasteiger partial charge < -0.3 is 30.7 Å². The summed E-state index contributed by atoms with van der Waals surface area (Å²) in [5.41, 5.74) is 6.02. The van der Waals surface area contributed by atoms with E-state index in [4.69, 9.17) is 15.2 Å². The predicted octanol–water partition coefficient (Wildman–Crippen LogP) is 6.45. The van der Waals surface area contributed by atoms with Gasteiger partial charge in [0, 0.05) is 19.4 Å². The quantitative estimate of drug-likeness (QED) is 0.112. The molecule has 11 heteroatoms. The third kappa shape index (κ3) is 16.4. The van der Waals surface area contributed by atoms with E-state index in [9.17, 15) is 24.0 Å². The third-order valence-corrected chi connectivity index (χ3v) is 7.91. The molecule has 0 saturated heterocycles. The minimum absolute atomic E-state index is 0.100. The molecule has 0 aromatic heterocycles. The Balaban J connectivity index is 2.64. The van der Waals surface area contributed by atoms with Gasteiger partial charge >= 0.3 is 12.1 Å². The Hall–Kier alpha value is -4.41. The van der Waals surface area contributed by atoms with Gasteiger partial charge in [-0.1, -0.05) is 99.2 Å². The van der Waals surface area contributed by atoms with Crippen molar-refractivity contribution < 1.29 is 33.4 Å². The van der Waals surface area contributed by atoms with Gasteiger partial charge in [0.05, 0.1) is 0 Å². The molecule has 0 aliphatic carbocycles. The van der Waals surface area contributed by atoms with E-state index in [1.165, 1.54) is 4.90 Å².